The predicted molar refractivity (Wildman–Crippen MR) is 380 cm³/mol. The summed E-state index contributed by atoms with van der Waals surface area (Å²) in [5.74, 6) is -1.67. The van der Waals surface area contributed by atoms with E-state index in [9.17, 15) is 43.5 Å². The molecule has 0 aromatic carbocycles. The largest absolute Gasteiger partial charge is 0.472 e. The predicted octanol–water partition coefficient (Wildman–Crippen LogP) is 19.3. The number of carbonyl (C=O) groups excluding carboxylic acids is 3. The van der Waals surface area contributed by atoms with Crippen molar-refractivity contribution in [2.75, 3.05) is 39.6 Å². The van der Waals surface area contributed by atoms with Crippen LogP contribution in [0, 0.1) is 0 Å². The van der Waals surface area contributed by atoms with Gasteiger partial charge in [-0.2, -0.15) is 0 Å². The first kappa shape index (κ1) is 87.9. The van der Waals surface area contributed by atoms with Crippen LogP contribution in [0.15, 0.2) is 170 Å². The van der Waals surface area contributed by atoms with Crippen molar-refractivity contribution in [3.05, 3.63) is 170 Å². The van der Waals surface area contributed by atoms with Crippen LogP contribution in [0.3, 0.4) is 0 Å². The van der Waals surface area contributed by atoms with Crippen LogP contribution in [0.25, 0.3) is 0 Å². The average Bonchev–Trinajstić information content (AvgIpc) is 3.72. The van der Waals surface area contributed by atoms with E-state index in [4.69, 9.17) is 32.3 Å². The highest BCUT2D eigenvalue weighted by Gasteiger charge is 2.29. The molecule has 16 nitrogen and oxygen atoms in total. The van der Waals surface area contributed by atoms with Crippen molar-refractivity contribution in [2.24, 2.45) is 0 Å². The normalized spacial score (nSPS) is 15.2. The lowest BCUT2D eigenvalue weighted by Gasteiger charge is -2.21. The van der Waals surface area contributed by atoms with Crippen LogP contribution in [-0.2, 0) is 55.8 Å². The van der Waals surface area contributed by atoms with Gasteiger partial charge in [0.15, 0.2) is 6.10 Å². The fourth-order valence-electron chi connectivity index (χ4n) is 8.26. The smallest absolute Gasteiger partial charge is 0.463 e. The number of carbonyl (C=O) groups is 3. The number of esters is 3. The lowest BCUT2D eigenvalue weighted by atomic mass is 10.1. The lowest BCUT2D eigenvalue weighted by Crippen LogP contribution is -2.30. The number of hydrogen-bond acceptors (Lipinski definition) is 14. The minimum atomic E-state index is -4.95. The van der Waals surface area contributed by atoms with E-state index in [1.165, 1.54) is 0 Å². The molecule has 4 N–H and O–H groups in total. The van der Waals surface area contributed by atoms with Crippen LogP contribution in [-0.4, -0.2) is 95.9 Å². The summed E-state index contributed by atoms with van der Waals surface area (Å²) in [5, 5.41) is 20.6. The fraction of sp³-hybridized carbons (Fsp3) is 0.587. The Hall–Kier alpha value is -5.09. The Labute approximate surface area is 561 Å². The molecule has 0 bridgehead atoms. The minimum absolute atomic E-state index is 0.0611. The van der Waals surface area contributed by atoms with Gasteiger partial charge in [0.1, 0.15) is 25.4 Å². The molecule has 0 heterocycles. The molecule has 0 aromatic rings. The summed E-state index contributed by atoms with van der Waals surface area (Å²) in [5.41, 5.74) is 0. The molecule has 0 spiro atoms. The van der Waals surface area contributed by atoms with Gasteiger partial charge in [0.2, 0.25) is 0 Å². The van der Waals surface area contributed by atoms with E-state index in [0.717, 1.165) is 167 Å². The highest BCUT2D eigenvalue weighted by Crippen LogP contribution is 2.45. The van der Waals surface area contributed by atoms with Gasteiger partial charge in [-0.1, -0.05) is 229 Å². The zero-order valence-corrected chi connectivity index (χ0v) is 58.6. The molecule has 0 aliphatic rings. The van der Waals surface area contributed by atoms with Gasteiger partial charge in [-0.15, -0.1) is 0 Å². The highest BCUT2D eigenvalue weighted by molar-refractivity contribution is 7.47. The monoisotopic (exact) mass is 1340 g/mol. The summed E-state index contributed by atoms with van der Waals surface area (Å²) in [4.78, 5) is 58.4. The second-order valence-corrected chi connectivity index (χ2v) is 25.1. The lowest BCUT2D eigenvalue weighted by molar-refractivity contribution is -0.161. The second kappa shape index (κ2) is 66.9. The van der Waals surface area contributed by atoms with E-state index >= 15 is 0 Å². The van der Waals surface area contributed by atoms with Gasteiger partial charge in [0.05, 0.1) is 26.4 Å². The number of unbranched alkanes of at least 4 members (excludes halogenated alkanes) is 12. The molecular formula is C75H120O16P2. The number of rotatable bonds is 63. The Morgan fingerprint density at radius 1 is 0.301 bits per heavy atom. The summed E-state index contributed by atoms with van der Waals surface area (Å²) >= 11 is 0. The van der Waals surface area contributed by atoms with E-state index in [1.54, 1.807) is 0 Å². The molecule has 0 amide bonds. The topological polar surface area (TPSA) is 231 Å². The summed E-state index contributed by atoms with van der Waals surface area (Å²) in [6.07, 6.45) is 82.6. The van der Waals surface area contributed by atoms with Gasteiger partial charge in [-0.25, -0.2) is 9.13 Å². The van der Waals surface area contributed by atoms with Crippen molar-refractivity contribution in [3.63, 3.8) is 0 Å². The molecule has 0 aromatic heterocycles. The van der Waals surface area contributed by atoms with Crippen LogP contribution < -0.4 is 0 Å². The van der Waals surface area contributed by atoms with E-state index in [2.05, 4.69) is 191 Å². The molecule has 0 saturated carbocycles. The Kier molecular flexibility index (Phi) is 63.2. The Balaban J connectivity index is 4.78. The van der Waals surface area contributed by atoms with E-state index in [0.29, 0.717) is 19.3 Å². The quantitative estimate of drug-likeness (QED) is 0.0146. The molecule has 0 aliphatic heterocycles. The summed E-state index contributed by atoms with van der Waals surface area (Å²) < 4.78 is 60.9. The van der Waals surface area contributed by atoms with E-state index < -0.39 is 91.5 Å². The maximum absolute atomic E-state index is 12.9. The third-order valence-electron chi connectivity index (χ3n) is 13.4. The standard InChI is InChI=1S/C75H120O16P2/c1-4-7-10-13-16-19-22-25-28-31-33-34-36-39-40-43-46-49-52-55-58-61-73(78)85-64-70(76)65-87-92(81,82)88-66-71(77)67-89-93(83,84)90-69-72(91-75(80)63-60-57-54-51-48-45-42-37-30-27-24-21-18-15-12-9-6-3)68-86-74(79)62-59-56-53-50-47-44-41-38-35-32-29-26-23-20-17-14-11-8-5-2/h7-12,16-21,25-30,33-35,38-40,42,44-45,47,70-72,76-77H,4-6,13-15,22-24,31-32,36-37,41,43,46,48-69H2,1-3H3,(H,81,82)(H,83,84)/b10-7-,11-8-,12-9-,19-16-,20-17-,21-18-,28-25-,29-26-,30-27-,34-33-,38-35-,40-39-,45-42-,47-44-. The average molecular weight is 1340 g/mol. The van der Waals surface area contributed by atoms with Crippen molar-refractivity contribution >= 4 is 33.6 Å². The van der Waals surface area contributed by atoms with E-state index in [1.807, 2.05) is 0 Å². The van der Waals surface area contributed by atoms with Crippen LogP contribution in [0.4, 0.5) is 0 Å². The molecule has 0 saturated heterocycles. The maximum atomic E-state index is 12.9. The van der Waals surface area contributed by atoms with Crippen molar-refractivity contribution in [3.8, 4) is 0 Å². The van der Waals surface area contributed by atoms with Crippen molar-refractivity contribution in [1.29, 1.82) is 0 Å². The number of hydrogen-bond donors (Lipinski definition) is 4. The summed E-state index contributed by atoms with van der Waals surface area (Å²) in [7, 11) is -9.82. The first-order valence-corrected chi connectivity index (χ1v) is 37.4. The Bertz CT molecular complexity index is 2370. The van der Waals surface area contributed by atoms with Crippen LogP contribution >= 0.6 is 15.6 Å². The minimum Gasteiger partial charge on any atom is -0.463 e. The van der Waals surface area contributed by atoms with Gasteiger partial charge >= 0.3 is 33.6 Å². The Morgan fingerprint density at radius 3 is 0.860 bits per heavy atom. The molecule has 0 aliphatic carbocycles. The SMILES string of the molecule is CC/C=C\C/C=C\C/C=C\C/C=C\C/C=C\CCCCCCCC(=O)OCC(O)COP(=O)(O)OCC(O)COP(=O)(O)OCC(COC(=O)CCCCC/C=C\C/C=C\C/C=C\C/C=C\C/C=C\CC)OC(=O)CCCCCC/C=C\C/C=C\C/C=C\C/C=C\CC. The molecule has 5 atom stereocenters. The maximum Gasteiger partial charge on any atom is 0.472 e. The molecule has 0 radical (unpaired) electrons. The van der Waals surface area contributed by atoms with Crippen LogP contribution in [0.5, 0.6) is 0 Å². The molecule has 0 rings (SSSR count). The number of aliphatic hydroxyl groups is 2. The van der Waals surface area contributed by atoms with Gasteiger partial charge in [0.25, 0.3) is 0 Å². The Morgan fingerprint density at radius 2 is 0.538 bits per heavy atom. The first-order valence-electron chi connectivity index (χ1n) is 34.4. The molecule has 18 heteroatoms. The number of phosphoric acid groups is 2. The van der Waals surface area contributed by atoms with Crippen molar-refractivity contribution in [1.82, 2.24) is 0 Å². The fourth-order valence-corrected chi connectivity index (χ4v) is 9.84. The number of ether oxygens (including phenoxy) is 3. The number of aliphatic hydroxyl groups excluding tert-OH is 2. The first-order chi connectivity index (χ1) is 45.2. The zero-order valence-electron chi connectivity index (χ0n) is 56.9. The third-order valence-corrected chi connectivity index (χ3v) is 15.3. The molecule has 93 heavy (non-hydrogen) atoms. The van der Waals surface area contributed by atoms with Gasteiger partial charge in [-0.05, 0) is 148 Å². The molecule has 526 valence electrons. The van der Waals surface area contributed by atoms with Crippen molar-refractivity contribution in [2.45, 2.75) is 245 Å². The van der Waals surface area contributed by atoms with Crippen LogP contribution in [0.1, 0.15) is 226 Å². The summed E-state index contributed by atoms with van der Waals surface area (Å²) in [6.45, 7) is 2.20. The highest BCUT2D eigenvalue weighted by atomic mass is 31.2. The van der Waals surface area contributed by atoms with Gasteiger partial charge in [0, 0.05) is 19.3 Å². The second-order valence-electron chi connectivity index (χ2n) is 22.2. The molecular weight excluding hydrogens is 1220 g/mol. The number of allylic oxidation sites excluding steroid dienone is 28. The zero-order chi connectivity index (χ0) is 68.1. The van der Waals surface area contributed by atoms with Crippen LogP contribution in [0.2, 0.25) is 0 Å². The molecule has 5 unspecified atom stereocenters. The molecule has 0 fully saturated rings. The van der Waals surface area contributed by atoms with E-state index in [-0.39, 0.29) is 19.3 Å². The summed E-state index contributed by atoms with van der Waals surface area (Å²) in [6, 6.07) is 0. The van der Waals surface area contributed by atoms with Gasteiger partial charge in [-0.3, -0.25) is 32.5 Å². The van der Waals surface area contributed by atoms with Crippen molar-refractivity contribution < 1.29 is 75.8 Å². The number of phosphoric ester groups is 2. The van der Waals surface area contributed by atoms with Gasteiger partial charge < -0.3 is 34.2 Å². The third kappa shape index (κ3) is 68.1.